The van der Waals surface area contributed by atoms with Crippen LogP contribution >= 0.6 is 0 Å². The quantitative estimate of drug-likeness (QED) is 0.159. The maximum atomic E-state index is 2.47. The van der Waals surface area contributed by atoms with E-state index in [1.54, 1.807) is 0 Å². The van der Waals surface area contributed by atoms with Gasteiger partial charge in [-0.05, 0) is 123 Å². The molecule has 0 radical (unpaired) electrons. The lowest BCUT2D eigenvalue weighted by atomic mass is 9.85. The van der Waals surface area contributed by atoms with Crippen molar-refractivity contribution in [1.29, 1.82) is 0 Å². The molecule has 274 valence electrons. The summed E-state index contributed by atoms with van der Waals surface area (Å²) in [5.74, 6) is 0. The normalized spacial score (nSPS) is 11.7. The molecule has 1 nitrogen and oxygen atoms in total. The van der Waals surface area contributed by atoms with Gasteiger partial charge in [-0.3, -0.25) is 0 Å². The summed E-state index contributed by atoms with van der Waals surface area (Å²) in [6.45, 7) is 0. The fourth-order valence-electron chi connectivity index (χ4n) is 9.80. The summed E-state index contributed by atoms with van der Waals surface area (Å²) in [6.07, 6.45) is 0. The van der Waals surface area contributed by atoms with Gasteiger partial charge in [-0.2, -0.15) is 0 Å². The second kappa shape index (κ2) is 13.4. The van der Waals surface area contributed by atoms with Gasteiger partial charge in [-0.1, -0.05) is 194 Å². The van der Waals surface area contributed by atoms with Gasteiger partial charge in [0.15, 0.2) is 0 Å². The number of fused-ring (bicyclic) bond motifs is 12. The van der Waals surface area contributed by atoms with Crippen molar-refractivity contribution in [3.8, 4) is 22.3 Å². The number of hydrogen-bond donors (Lipinski definition) is 0. The van der Waals surface area contributed by atoms with Gasteiger partial charge < -0.3 is 4.90 Å². The van der Waals surface area contributed by atoms with E-state index in [1.165, 1.54) is 97.7 Å². The lowest BCUT2D eigenvalue weighted by Gasteiger charge is -2.28. The van der Waals surface area contributed by atoms with Crippen LogP contribution in [-0.4, -0.2) is 0 Å². The Morgan fingerprint density at radius 3 is 1.15 bits per heavy atom. The molecule has 0 unspecified atom stereocenters. The van der Waals surface area contributed by atoms with Crippen molar-refractivity contribution in [3.63, 3.8) is 0 Å². The zero-order valence-electron chi connectivity index (χ0n) is 32.3. The third-order valence-corrected chi connectivity index (χ3v) is 12.4. The van der Waals surface area contributed by atoms with Crippen LogP contribution in [0, 0.1) is 0 Å². The molecular formula is C58H37N. The van der Waals surface area contributed by atoms with Gasteiger partial charge in [-0.25, -0.2) is 0 Å². The molecule has 12 aromatic carbocycles. The minimum absolute atomic E-state index is 1.10. The van der Waals surface area contributed by atoms with E-state index in [2.05, 4.69) is 229 Å². The maximum Gasteiger partial charge on any atom is 0.0546 e. The van der Waals surface area contributed by atoms with E-state index in [9.17, 15) is 0 Å². The predicted molar refractivity (Wildman–Crippen MR) is 255 cm³/mol. The molecule has 0 fully saturated rings. The summed E-state index contributed by atoms with van der Waals surface area (Å²) in [5.41, 5.74) is 8.29. The van der Waals surface area contributed by atoms with Crippen LogP contribution in [0.2, 0.25) is 0 Å². The Bertz CT molecular complexity index is 3570. The topological polar surface area (TPSA) is 3.24 Å². The molecule has 0 N–H and O–H groups in total. The fourth-order valence-corrected chi connectivity index (χ4v) is 9.80. The highest BCUT2D eigenvalue weighted by Gasteiger charge is 2.21. The Labute approximate surface area is 342 Å². The van der Waals surface area contributed by atoms with Gasteiger partial charge >= 0.3 is 0 Å². The third-order valence-electron chi connectivity index (χ3n) is 12.4. The van der Waals surface area contributed by atoms with Gasteiger partial charge in [0.1, 0.15) is 0 Å². The molecule has 59 heavy (non-hydrogen) atoms. The van der Waals surface area contributed by atoms with Crippen LogP contribution in [0.5, 0.6) is 0 Å². The lowest BCUT2D eigenvalue weighted by Crippen LogP contribution is -2.10. The second-order valence-corrected chi connectivity index (χ2v) is 15.6. The van der Waals surface area contributed by atoms with E-state index in [1.807, 2.05) is 0 Å². The SMILES string of the molecule is c1ccc(-c2c(-c3ccc(N(c4ccc5c6ccccc6c6ccccc6c5c4)c4cc5ccccc5c5ccccc45)cc3)c3ccccc3c3ccccc23)cc1. The van der Waals surface area contributed by atoms with Gasteiger partial charge in [0.25, 0.3) is 0 Å². The highest BCUT2D eigenvalue weighted by molar-refractivity contribution is 6.26. The Balaban J connectivity index is 1.13. The van der Waals surface area contributed by atoms with Crippen LogP contribution in [0.3, 0.4) is 0 Å². The van der Waals surface area contributed by atoms with Gasteiger partial charge in [-0.15, -0.1) is 0 Å². The zero-order valence-corrected chi connectivity index (χ0v) is 32.3. The van der Waals surface area contributed by atoms with Crippen LogP contribution in [0.1, 0.15) is 0 Å². The second-order valence-electron chi connectivity index (χ2n) is 15.6. The van der Waals surface area contributed by atoms with E-state index in [0.717, 1.165) is 17.1 Å². The lowest BCUT2D eigenvalue weighted by molar-refractivity contribution is 1.31. The molecule has 0 aromatic heterocycles. The maximum absolute atomic E-state index is 2.47. The van der Waals surface area contributed by atoms with Crippen LogP contribution in [-0.2, 0) is 0 Å². The van der Waals surface area contributed by atoms with E-state index in [-0.39, 0.29) is 0 Å². The first kappa shape index (κ1) is 33.4. The van der Waals surface area contributed by atoms with Gasteiger partial charge in [0, 0.05) is 16.8 Å². The molecular weight excluding hydrogens is 711 g/mol. The smallest absolute Gasteiger partial charge is 0.0546 e. The van der Waals surface area contributed by atoms with Crippen molar-refractivity contribution < 1.29 is 0 Å². The number of rotatable bonds is 5. The van der Waals surface area contributed by atoms with Crippen LogP contribution in [0.15, 0.2) is 224 Å². The van der Waals surface area contributed by atoms with Crippen LogP contribution in [0.25, 0.3) is 97.7 Å². The average molecular weight is 748 g/mol. The average Bonchev–Trinajstić information content (AvgIpc) is 3.32. The molecule has 12 aromatic rings. The van der Waals surface area contributed by atoms with Crippen LogP contribution in [0.4, 0.5) is 17.1 Å². The number of nitrogens with zero attached hydrogens (tertiary/aromatic N) is 1. The summed E-state index contributed by atoms with van der Waals surface area (Å²) in [7, 11) is 0. The van der Waals surface area contributed by atoms with Gasteiger partial charge in [0.05, 0.1) is 5.69 Å². The molecule has 0 aliphatic rings. The zero-order chi connectivity index (χ0) is 38.9. The summed E-state index contributed by atoms with van der Waals surface area (Å²) in [6, 6.07) is 82.6. The molecule has 0 aliphatic carbocycles. The number of anilines is 3. The monoisotopic (exact) mass is 747 g/mol. The minimum atomic E-state index is 1.10. The minimum Gasteiger partial charge on any atom is -0.310 e. The molecule has 0 aliphatic heterocycles. The Kier molecular flexibility index (Phi) is 7.61. The van der Waals surface area contributed by atoms with Crippen molar-refractivity contribution in [3.05, 3.63) is 224 Å². The summed E-state index contributed by atoms with van der Waals surface area (Å²) in [5, 5.41) is 17.6. The summed E-state index contributed by atoms with van der Waals surface area (Å²) in [4.78, 5) is 2.47. The Morgan fingerprint density at radius 1 is 0.220 bits per heavy atom. The first-order valence-corrected chi connectivity index (χ1v) is 20.4. The van der Waals surface area contributed by atoms with Gasteiger partial charge in [0.2, 0.25) is 0 Å². The molecule has 0 amide bonds. The predicted octanol–water partition coefficient (Wildman–Crippen LogP) is 16.6. The molecule has 0 heterocycles. The Hall–Kier alpha value is -7.74. The summed E-state index contributed by atoms with van der Waals surface area (Å²) < 4.78 is 0. The number of benzene rings is 12. The molecule has 12 rings (SSSR count). The molecule has 1 heteroatoms. The fraction of sp³-hybridized carbons (Fsp3) is 0. The molecule has 0 atom stereocenters. The third kappa shape index (κ3) is 5.25. The summed E-state index contributed by atoms with van der Waals surface area (Å²) >= 11 is 0. The standard InChI is InChI=1S/C58H37N/c1-2-16-38(17-3-1)57-53-28-14-11-24-48(53)49-25-12-15-29-54(49)58(57)39-30-32-41(33-31-39)59(56-36-40-18-4-5-19-43(40)44-20-10-13-27-52(44)56)42-34-35-51-47-23-7-6-21-45(47)46-22-8-9-26-50(46)55(51)37-42/h1-37H. The van der Waals surface area contributed by atoms with Crippen molar-refractivity contribution in [2.24, 2.45) is 0 Å². The van der Waals surface area contributed by atoms with E-state index in [0.29, 0.717) is 0 Å². The highest BCUT2D eigenvalue weighted by atomic mass is 15.1. The largest absolute Gasteiger partial charge is 0.310 e. The van der Waals surface area contributed by atoms with Crippen molar-refractivity contribution in [2.45, 2.75) is 0 Å². The van der Waals surface area contributed by atoms with E-state index < -0.39 is 0 Å². The highest BCUT2D eigenvalue weighted by Crippen LogP contribution is 2.47. The van der Waals surface area contributed by atoms with E-state index in [4.69, 9.17) is 0 Å². The van der Waals surface area contributed by atoms with Crippen molar-refractivity contribution in [2.75, 3.05) is 4.90 Å². The molecule has 0 saturated carbocycles. The van der Waals surface area contributed by atoms with E-state index >= 15 is 0 Å². The molecule has 0 spiro atoms. The number of hydrogen-bond acceptors (Lipinski definition) is 1. The first-order chi connectivity index (χ1) is 29.3. The molecule has 0 bridgehead atoms. The molecule has 0 saturated heterocycles. The Morgan fingerprint density at radius 2 is 0.593 bits per heavy atom. The van der Waals surface area contributed by atoms with Crippen LogP contribution < -0.4 is 4.90 Å². The van der Waals surface area contributed by atoms with Crippen molar-refractivity contribution >= 4 is 92.5 Å². The first-order valence-electron chi connectivity index (χ1n) is 20.4. The van der Waals surface area contributed by atoms with Crippen molar-refractivity contribution in [1.82, 2.24) is 0 Å².